The highest BCUT2D eigenvalue weighted by Gasteiger charge is 2.31. The van der Waals surface area contributed by atoms with E-state index in [0.717, 1.165) is 12.1 Å². The van der Waals surface area contributed by atoms with Gasteiger partial charge in [0.2, 0.25) is 5.91 Å². The van der Waals surface area contributed by atoms with Crippen LogP contribution in [0.2, 0.25) is 0 Å². The number of aromatic amines is 1. The Kier molecular flexibility index (Phi) is 6.67. The van der Waals surface area contributed by atoms with Gasteiger partial charge in [0.1, 0.15) is 5.82 Å². The molecule has 34 heavy (non-hydrogen) atoms. The van der Waals surface area contributed by atoms with Gasteiger partial charge in [0.05, 0.1) is 16.5 Å². The van der Waals surface area contributed by atoms with Gasteiger partial charge in [-0.3, -0.25) is 14.4 Å². The Bertz CT molecular complexity index is 1250. The fourth-order valence-electron chi connectivity index (χ4n) is 3.96. The van der Waals surface area contributed by atoms with Gasteiger partial charge < -0.3 is 14.8 Å². The summed E-state index contributed by atoms with van der Waals surface area (Å²) in [5, 5.41) is 0.519. The SMILES string of the molecule is O=C(CCCc1nc2ccccc2c(=O)[nH]1)N1CCN(C(=O)c2ccc(C(F)(F)F)cc2)CC1. The fourth-order valence-corrected chi connectivity index (χ4v) is 3.96. The number of carbonyl (C=O) groups is 2. The molecule has 2 aromatic carbocycles. The molecule has 178 valence electrons. The zero-order valence-electron chi connectivity index (χ0n) is 18.3. The molecule has 1 fully saturated rings. The lowest BCUT2D eigenvalue weighted by Crippen LogP contribution is -2.50. The second-order valence-electron chi connectivity index (χ2n) is 8.13. The molecule has 2 amide bonds. The number of aromatic nitrogens is 2. The number of nitrogens with zero attached hydrogens (tertiary/aromatic N) is 3. The molecule has 4 rings (SSSR count). The summed E-state index contributed by atoms with van der Waals surface area (Å²) in [4.78, 5) is 47.7. The van der Waals surface area contributed by atoms with Crippen LogP contribution in [0.4, 0.5) is 13.2 Å². The summed E-state index contributed by atoms with van der Waals surface area (Å²) in [6, 6.07) is 11.2. The Morgan fingerprint density at radius 2 is 1.59 bits per heavy atom. The molecule has 1 N–H and O–H groups in total. The maximum atomic E-state index is 12.7. The lowest BCUT2D eigenvalue weighted by molar-refractivity contribution is -0.137. The summed E-state index contributed by atoms with van der Waals surface area (Å²) >= 11 is 0. The highest BCUT2D eigenvalue weighted by Crippen LogP contribution is 2.29. The molecule has 0 aliphatic carbocycles. The van der Waals surface area contributed by atoms with Crippen molar-refractivity contribution in [3.63, 3.8) is 0 Å². The van der Waals surface area contributed by atoms with Crippen LogP contribution in [0.1, 0.15) is 34.6 Å². The number of aryl methyl sites for hydroxylation is 1. The van der Waals surface area contributed by atoms with Crippen molar-refractivity contribution < 1.29 is 22.8 Å². The normalized spacial score (nSPS) is 14.4. The van der Waals surface area contributed by atoms with Crippen molar-refractivity contribution in [1.29, 1.82) is 0 Å². The number of fused-ring (bicyclic) bond motifs is 1. The first-order valence-electron chi connectivity index (χ1n) is 10.9. The van der Waals surface area contributed by atoms with Crippen LogP contribution in [0, 0.1) is 0 Å². The third-order valence-corrected chi connectivity index (χ3v) is 5.84. The van der Waals surface area contributed by atoms with Gasteiger partial charge in [-0.05, 0) is 42.8 Å². The van der Waals surface area contributed by atoms with Crippen molar-refractivity contribution in [2.45, 2.75) is 25.4 Å². The molecule has 0 atom stereocenters. The van der Waals surface area contributed by atoms with Crippen LogP contribution in [0.3, 0.4) is 0 Å². The molecule has 10 heteroatoms. The largest absolute Gasteiger partial charge is 0.416 e. The minimum atomic E-state index is -4.45. The summed E-state index contributed by atoms with van der Waals surface area (Å²) in [5.74, 6) is 0.125. The molecule has 0 radical (unpaired) electrons. The van der Waals surface area contributed by atoms with Gasteiger partial charge in [-0.1, -0.05) is 12.1 Å². The number of carbonyl (C=O) groups excluding carboxylic acids is 2. The number of amides is 2. The van der Waals surface area contributed by atoms with Crippen molar-refractivity contribution in [3.05, 3.63) is 75.8 Å². The Morgan fingerprint density at radius 3 is 2.26 bits per heavy atom. The third kappa shape index (κ3) is 5.27. The first-order valence-corrected chi connectivity index (χ1v) is 10.9. The molecular formula is C24H23F3N4O3. The summed E-state index contributed by atoms with van der Waals surface area (Å²) in [6.07, 6.45) is -3.19. The number of nitrogens with one attached hydrogen (secondary N) is 1. The zero-order valence-corrected chi connectivity index (χ0v) is 18.3. The van der Waals surface area contributed by atoms with Gasteiger partial charge in [0.15, 0.2) is 0 Å². The van der Waals surface area contributed by atoms with Crippen molar-refractivity contribution in [2.24, 2.45) is 0 Å². The topological polar surface area (TPSA) is 86.4 Å². The average molecular weight is 472 g/mol. The average Bonchev–Trinajstić information content (AvgIpc) is 2.83. The van der Waals surface area contributed by atoms with E-state index in [1.807, 2.05) is 6.07 Å². The number of H-pyrrole nitrogens is 1. The minimum absolute atomic E-state index is 0.0511. The molecule has 1 aromatic heterocycles. The predicted octanol–water partition coefficient (Wildman–Crippen LogP) is 3.25. The van der Waals surface area contributed by atoms with E-state index in [0.29, 0.717) is 55.7 Å². The van der Waals surface area contributed by atoms with Crippen LogP contribution in [-0.4, -0.2) is 57.8 Å². The molecule has 3 aromatic rings. The molecule has 1 saturated heterocycles. The molecule has 7 nitrogen and oxygen atoms in total. The molecule has 0 saturated carbocycles. The van der Waals surface area contributed by atoms with Crippen molar-refractivity contribution >= 4 is 22.7 Å². The van der Waals surface area contributed by atoms with E-state index in [-0.39, 0.29) is 29.4 Å². The van der Waals surface area contributed by atoms with Crippen molar-refractivity contribution in [2.75, 3.05) is 26.2 Å². The van der Waals surface area contributed by atoms with E-state index in [1.165, 1.54) is 17.0 Å². The van der Waals surface area contributed by atoms with E-state index >= 15 is 0 Å². The lowest BCUT2D eigenvalue weighted by atomic mass is 10.1. The number of hydrogen-bond acceptors (Lipinski definition) is 4. The number of rotatable bonds is 5. The first kappa shape index (κ1) is 23.5. The minimum Gasteiger partial charge on any atom is -0.339 e. The second-order valence-corrected chi connectivity index (χ2v) is 8.13. The molecule has 1 aliphatic heterocycles. The van der Waals surface area contributed by atoms with E-state index < -0.39 is 11.7 Å². The number of halogens is 3. The van der Waals surface area contributed by atoms with Crippen molar-refractivity contribution in [3.8, 4) is 0 Å². The Balaban J connectivity index is 1.26. The van der Waals surface area contributed by atoms with Crippen LogP contribution < -0.4 is 5.56 Å². The summed E-state index contributed by atoms with van der Waals surface area (Å²) in [6.45, 7) is 1.34. The smallest absolute Gasteiger partial charge is 0.339 e. The van der Waals surface area contributed by atoms with Crippen LogP contribution in [-0.2, 0) is 17.4 Å². The number of para-hydroxylation sites is 1. The van der Waals surface area contributed by atoms with Gasteiger partial charge >= 0.3 is 6.18 Å². The van der Waals surface area contributed by atoms with Crippen LogP contribution >= 0.6 is 0 Å². The number of piperazine rings is 1. The Labute approximate surface area is 193 Å². The molecule has 0 bridgehead atoms. The van der Waals surface area contributed by atoms with Crippen LogP contribution in [0.15, 0.2) is 53.3 Å². The number of benzene rings is 2. The van der Waals surface area contributed by atoms with Gasteiger partial charge in [0, 0.05) is 44.6 Å². The highest BCUT2D eigenvalue weighted by atomic mass is 19.4. The van der Waals surface area contributed by atoms with Gasteiger partial charge in [-0.2, -0.15) is 13.2 Å². The Morgan fingerprint density at radius 1 is 0.941 bits per heavy atom. The van der Waals surface area contributed by atoms with Gasteiger partial charge in [-0.25, -0.2) is 4.98 Å². The zero-order chi connectivity index (χ0) is 24.3. The maximum Gasteiger partial charge on any atom is 0.416 e. The van der Waals surface area contributed by atoms with E-state index in [2.05, 4.69) is 9.97 Å². The Hall–Kier alpha value is -3.69. The third-order valence-electron chi connectivity index (χ3n) is 5.84. The van der Waals surface area contributed by atoms with Crippen molar-refractivity contribution in [1.82, 2.24) is 19.8 Å². The molecule has 0 spiro atoms. The summed E-state index contributed by atoms with van der Waals surface area (Å²) < 4.78 is 38.1. The van der Waals surface area contributed by atoms with Crippen LogP contribution in [0.5, 0.6) is 0 Å². The number of alkyl halides is 3. The van der Waals surface area contributed by atoms with Gasteiger partial charge in [0.25, 0.3) is 11.5 Å². The maximum absolute atomic E-state index is 12.7. The van der Waals surface area contributed by atoms with E-state index in [1.54, 1.807) is 23.1 Å². The fraction of sp³-hybridized carbons (Fsp3) is 0.333. The van der Waals surface area contributed by atoms with Crippen LogP contribution in [0.25, 0.3) is 10.9 Å². The van der Waals surface area contributed by atoms with E-state index in [4.69, 9.17) is 0 Å². The van der Waals surface area contributed by atoms with Gasteiger partial charge in [-0.15, -0.1) is 0 Å². The lowest BCUT2D eigenvalue weighted by Gasteiger charge is -2.35. The predicted molar refractivity (Wildman–Crippen MR) is 119 cm³/mol. The molecule has 1 aliphatic rings. The summed E-state index contributed by atoms with van der Waals surface area (Å²) in [5.41, 5.74) is -0.214. The monoisotopic (exact) mass is 472 g/mol. The highest BCUT2D eigenvalue weighted by molar-refractivity contribution is 5.94. The quantitative estimate of drug-likeness (QED) is 0.618. The van der Waals surface area contributed by atoms with E-state index in [9.17, 15) is 27.6 Å². The second kappa shape index (κ2) is 9.66. The first-order chi connectivity index (χ1) is 16.2. The standard InChI is InChI=1S/C24H23F3N4O3/c25-24(26,27)17-10-8-16(9-11-17)23(34)31-14-12-30(13-15-31)21(32)7-3-6-20-28-19-5-2-1-4-18(19)22(33)29-20/h1-2,4-5,8-11H,3,6-7,12-15H2,(H,28,29,33). The molecule has 2 heterocycles. The summed E-state index contributed by atoms with van der Waals surface area (Å²) in [7, 11) is 0. The molecular weight excluding hydrogens is 449 g/mol. The molecule has 0 unspecified atom stereocenters. The number of hydrogen-bond donors (Lipinski definition) is 1.